The Balaban J connectivity index is 1.66. The summed E-state index contributed by atoms with van der Waals surface area (Å²) in [5.74, 6) is 0. The molecule has 0 aliphatic rings. The van der Waals surface area contributed by atoms with Crippen LogP contribution in [-0.2, 0) is 0 Å². The molecule has 0 bridgehead atoms. The van der Waals surface area contributed by atoms with Gasteiger partial charge in [0.05, 0.1) is 0 Å². The highest BCUT2D eigenvalue weighted by Gasteiger charge is 2.31. The van der Waals surface area contributed by atoms with E-state index in [2.05, 4.69) is 0 Å². The monoisotopic (exact) mass is 806 g/mol. The minimum absolute atomic E-state index is 0.00187. The fourth-order valence-electron chi connectivity index (χ4n) is 9.66. The van der Waals surface area contributed by atoms with Crippen LogP contribution >= 0.6 is 0 Å². The van der Waals surface area contributed by atoms with E-state index in [0.717, 1.165) is 0 Å². The molecular weight excluding hydrogens is 802 g/mol. The van der Waals surface area contributed by atoms with Crippen LogP contribution in [0.4, 0.5) is 0 Å². The van der Waals surface area contributed by atoms with Crippen LogP contribution in [0.25, 0.3) is 87.6 Å². The smallest absolute Gasteiger partial charge is 0.127 e. The molecule has 0 N–H and O–H groups in total. The van der Waals surface area contributed by atoms with Gasteiger partial charge in [-0.25, -0.2) is 0 Å². The lowest BCUT2D eigenvalue weighted by atomic mass is 9.55. The zero-order valence-electron chi connectivity index (χ0n) is 36.4. The number of hydrogen-bond donors (Lipinski definition) is 0. The quantitative estimate of drug-likeness (QED) is 0.128. The summed E-state index contributed by atoms with van der Waals surface area (Å²) in [6.07, 6.45) is 0. The van der Waals surface area contributed by atoms with Crippen molar-refractivity contribution in [1.82, 2.24) is 0 Å². The van der Waals surface area contributed by atoms with Gasteiger partial charge in [-0.3, -0.25) is 0 Å². The van der Waals surface area contributed by atoms with Gasteiger partial charge in [-0.05, 0) is 65.7 Å². The number of benzene rings is 8. The highest BCUT2D eigenvalue weighted by atomic mass is 16.3. The molecule has 27 heteroatoms. The topological polar surface area (TPSA) is 13.1 Å². The second kappa shape index (κ2) is 16.8. The van der Waals surface area contributed by atoms with Crippen molar-refractivity contribution in [3.63, 3.8) is 0 Å². The van der Waals surface area contributed by atoms with Crippen LogP contribution < -0.4 is 142 Å². The first-order chi connectivity index (χ1) is 32.2. The van der Waals surface area contributed by atoms with E-state index in [1.54, 1.807) is 0 Å². The van der Waals surface area contributed by atoms with Crippen LogP contribution in [0.3, 0.4) is 0 Å². The molecule has 1 nitrogen and oxygen atoms in total. The summed E-state index contributed by atoms with van der Waals surface area (Å²) < 4.78 is 6.18. The van der Waals surface area contributed by atoms with E-state index in [9.17, 15) is 0 Å². The van der Waals surface area contributed by atoms with Gasteiger partial charge in [-0.1, -0.05) is 81.9 Å². The van der Waals surface area contributed by atoms with Gasteiger partial charge in [-0.2, -0.15) is 0 Å². The summed E-state index contributed by atoms with van der Waals surface area (Å²) in [4.78, 5) is 0. The summed E-state index contributed by atoms with van der Waals surface area (Å²) in [5, 5.41) is 0.124. The van der Waals surface area contributed by atoms with Gasteiger partial charge in [0.1, 0.15) is 215 Å². The number of rotatable bonds is 3. The molecule has 0 atom stereocenters. The standard InChI is InChI=1S/C42B26O/c43-15-7(12-24(52)34(62)37(65)35(63)25(12)53)8-11(23(51)33(61)32(60)22(8)50)16(44)9(15)1-3-5(20(48)30(58)28(56)18(3)46)2(6-4(1)19(47)29(57)31(59)21(6)49)10-17(45)13-14-27(55)36(64)38(66)40(68)42(14)69-41(13)39(67)26(10)54. The average Bonchev–Trinajstić information content (AvgIpc) is 3.73. The van der Waals surface area contributed by atoms with Crippen molar-refractivity contribution >= 4 is 400 Å². The summed E-state index contributed by atoms with van der Waals surface area (Å²) in [5.41, 5.74) is -4.56. The van der Waals surface area contributed by atoms with Crippen LogP contribution in [-0.4, -0.2) is 204 Å². The molecule has 0 saturated heterocycles. The first-order valence-corrected chi connectivity index (χ1v) is 20.2. The molecule has 0 aliphatic carbocycles. The fourth-order valence-corrected chi connectivity index (χ4v) is 9.66. The fraction of sp³-hybridized carbons (Fsp3) is 0. The molecule has 1 heterocycles. The minimum atomic E-state index is -0.242. The van der Waals surface area contributed by atoms with Crippen LogP contribution in [0.15, 0.2) is 4.42 Å². The maximum absolute atomic E-state index is 7.42. The Bertz CT molecular complexity index is 3860. The van der Waals surface area contributed by atoms with Crippen LogP contribution in [0.2, 0.25) is 0 Å². The summed E-state index contributed by atoms with van der Waals surface area (Å²) in [6.45, 7) is 0. The van der Waals surface area contributed by atoms with Crippen LogP contribution in [0.5, 0.6) is 0 Å². The molecular formula is C42B26O. The maximum Gasteiger partial charge on any atom is 0.127 e. The zero-order chi connectivity index (χ0) is 51.0. The van der Waals surface area contributed by atoms with E-state index >= 15 is 0 Å². The number of furan rings is 1. The van der Waals surface area contributed by atoms with Crippen molar-refractivity contribution < 1.29 is 4.42 Å². The Morgan fingerprint density at radius 2 is 0.333 bits per heavy atom. The molecule has 0 amide bonds. The minimum Gasteiger partial charge on any atom is -0.457 e. The maximum atomic E-state index is 7.42. The molecule has 52 radical (unpaired) electrons. The molecule has 0 aliphatic heterocycles. The predicted molar refractivity (Wildman–Crippen MR) is 323 cm³/mol. The van der Waals surface area contributed by atoms with Crippen molar-refractivity contribution in [2.45, 2.75) is 0 Å². The Morgan fingerprint density at radius 3 is 0.710 bits per heavy atom. The average molecular weight is 802 g/mol. The third kappa shape index (κ3) is 6.41. The highest BCUT2D eigenvalue weighted by Crippen LogP contribution is 2.41. The molecule has 0 unspecified atom stereocenters. The first kappa shape index (κ1) is 50.0. The Labute approximate surface area is 435 Å². The van der Waals surface area contributed by atoms with Gasteiger partial charge in [0.25, 0.3) is 0 Å². The van der Waals surface area contributed by atoms with Gasteiger partial charge < -0.3 is 4.42 Å². The third-order valence-electron chi connectivity index (χ3n) is 13.4. The van der Waals surface area contributed by atoms with Gasteiger partial charge in [-0.15, -0.1) is 60.1 Å². The Morgan fingerprint density at radius 1 is 0.130 bits per heavy atom. The third-order valence-corrected chi connectivity index (χ3v) is 13.4. The van der Waals surface area contributed by atoms with E-state index in [1.807, 2.05) is 0 Å². The molecule has 0 saturated carbocycles. The SMILES string of the molecule is [B]c1c([B])c([B])c(-c2c([B])c(-c3c4c([B])c([B])c([B])c([B])c4c(-c4c([B])c([B])c5oc6c([B])c([B])c([B])c([B])c6c5c4[B])c4c([B])c([B])c([B])c([B])c34)c([B])c3c([B])c([B])c([B])c([B])c23)c([B])c1[B]. The van der Waals surface area contributed by atoms with Gasteiger partial charge >= 0.3 is 0 Å². The summed E-state index contributed by atoms with van der Waals surface area (Å²) >= 11 is 0. The Hall–Kier alpha value is -3.97. The van der Waals surface area contributed by atoms with Crippen molar-refractivity contribution in [3.8, 4) is 33.4 Å². The molecule has 9 aromatic rings. The lowest BCUT2D eigenvalue weighted by molar-refractivity contribution is 0.675. The van der Waals surface area contributed by atoms with E-state index < -0.39 is 0 Å². The zero-order valence-corrected chi connectivity index (χ0v) is 36.4. The number of fused-ring (bicyclic) bond motifs is 6. The Kier molecular flexibility index (Phi) is 12.2. The summed E-state index contributed by atoms with van der Waals surface area (Å²) in [6, 6.07) is 0. The first-order valence-electron chi connectivity index (χ1n) is 20.2. The van der Waals surface area contributed by atoms with E-state index in [-0.39, 0.29) is 230 Å². The largest absolute Gasteiger partial charge is 0.457 e. The van der Waals surface area contributed by atoms with E-state index in [1.165, 1.54) is 0 Å². The molecule has 1 aromatic heterocycles. The van der Waals surface area contributed by atoms with Crippen molar-refractivity contribution in [2.24, 2.45) is 0 Å². The predicted octanol–water partition coefficient (Wildman–Crippen LogP) is -19.3. The van der Waals surface area contributed by atoms with E-state index in [4.69, 9.17) is 208 Å². The second-order valence-electron chi connectivity index (χ2n) is 16.8. The van der Waals surface area contributed by atoms with Gasteiger partial charge in [0, 0.05) is 10.8 Å². The van der Waals surface area contributed by atoms with Crippen molar-refractivity contribution in [1.29, 1.82) is 0 Å². The number of hydrogen-bond acceptors (Lipinski definition) is 1. The van der Waals surface area contributed by atoms with Crippen molar-refractivity contribution in [2.75, 3.05) is 0 Å². The molecule has 252 valence electrons. The molecule has 8 aromatic carbocycles. The molecule has 69 heavy (non-hydrogen) atoms. The lowest BCUT2D eigenvalue weighted by Crippen LogP contribution is -2.56. The van der Waals surface area contributed by atoms with E-state index in [0.29, 0.717) is 0 Å². The lowest BCUT2D eigenvalue weighted by Gasteiger charge is -2.33. The van der Waals surface area contributed by atoms with Crippen LogP contribution in [0, 0.1) is 0 Å². The highest BCUT2D eigenvalue weighted by molar-refractivity contribution is 6.77. The summed E-state index contributed by atoms with van der Waals surface area (Å²) in [7, 11) is 176. The molecule has 0 fully saturated rings. The molecule has 0 spiro atoms. The second-order valence-corrected chi connectivity index (χ2v) is 16.8. The normalized spacial score (nSPS) is 11.8. The van der Waals surface area contributed by atoms with Crippen LogP contribution in [0.1, 0.15) is 0 Å². The van der Waals surface area contributed by atoms with Gasteiger partial charge in [0.2, 0.25) is 0 Å². The molecule has 9 rings (SSSR count). The van der Waals surface area contributed by atoms with Gasteiger partial charge in [0.15, 0.2) is 0 Å². The van der Waals surface area contributed by atoms with Crippen molar-refractivity contribution in [3.05, 3.63) is 0 Å².